The van der Waals surface area contributed by atoms with E-state index in [4.69, 9.17) is 11.6 Å². The Bertz CT molecular complexity index is 696. The second-order valence-electron chi connectivity index (χ2n) is 4.70. The number of hydrogen-bond donors (Lipinski definition) is 0. The van der Waals surface area contributed by atoms with Crippen LogP contribution in [0.4, 0.5) is 0 Å². The third kappa shape index (κ3) is 2.88. The van der Waals surface area contributed by atoms with E-state index in [1.165, 1.54) is 6.20 Å². The molecule has 0 bridgehead atoms. The molecule has 1 heterocycles. The highest BCUT2D eigenvalue weighted by atomic mass is 35.5. The van der Waals surface area contributed by atoms with Gasteiger partial charge in [-0.15, -0.1) is 0 Å². The van der Waals surface area contributed by atoms with Crippen LogP contribution in [0.3, 0.4) is 0 Å². The number of thiazole rings is 1. The maximum absolute atomic E-state index is 12.7. The van der Waals surface area contributed by atoms with Gasteiger partial charge in [-0.05, 0) is 18.4 Å². The molecule has 0 spiro atoms. The van der Waals surface area contributed by atoms with E-state index in [0.717, 1.165) is 29.7 Å². The van der Waals surface area contributed by atoms with Crippen LogP contribution in [-0.2, 0) is 16.6 Å². The number of sulfonamides is 1. The van der Waals surface area contributed by atoms with Crippen molar-refractivity contribution >= 4 is 33.0 Å². The smallest absolute Gasteiger partial charge is 0.232 e. The Kier molecular flexibility index (Phi) is 3.81. The molecule has 1 aliphatic carbocycles. The number of aromatic nitrogens is 1. The van der Waals surface area contributed by atoms with Gasteiger partial charge in [0.25, 0.3) is 10.0 Å². The minimum absolute atomic E-state index is 0.0982. The van der Waals surface area contributed by atoms with Gasteiger partial charge in [-0.1, -0.05) is 53.3 Å². The van der Waals surface area contributed by atoms with Gasteiger partial charge in [0.05, 0.1) is 6.20 Å². The lowest BCUT2D eigenvalue weighted by atomic mass is 10.2. The molecule has 0 radical (unpaired) electrons. The largest absolute Gasteiger partial charge is 0.254 e. The van der Waals surface area contributed by atoms with Crippen molar-refractivity contribution in [2.24, 2.45) is 0 Å². The summed E-state index contributed by atoms with van der Waals surface area (Å²) in [6.07, 6.45) is 3.17. The van der Waals surface area contributed by atoms with Crippen LogP contribution in [0, 0.1) is 0 Å². The van der Waals surface area contributed by atoms with Crippen molar-refractivity contribution in [1.82, 2.24) is 9.29 Å². The number of nitrogens with zero attached hydrogens (tertiary/aromatic N) is 2. The van der Waals surface area contributed by atoms with Crippen molar-refractivity contribution < 1.29 is 8.42 Å². The van der Waals surface area contributed by atoms with E-state index < -0.39 is 10.0 Å². The standard InChI is InChI=1S/C13H13ClN2O2S2/c14-13-15-8-12(19-13)20(17,18)16(11-6-7-11)9-10-4-2-1-3-5-10/h1-5,8,11H,6-7,9H2. The minimum Gasteiger partial charge on any atom is -0.232 e. The van der Waals surface area contributed by atoms with Gasteiger partial charge in [0.1, 0.15) is 0 Å². The van der Waals surface area contributed by atoms with Gasteiger partial charge in [-0.2, -0.15) is 4.31 Å². The summed E-state index contributed by atoms with van der Waals surface area (Å²) in [5.74, 6) is 0. The number of halogens is 1. The predicted octanol–water partition coefficient (Wildman–Crippen LogP) is 3.15. The minimum atomic E-state index is -3.51. The Balaban J connectivity index is 1.91. The van der Waals surface area contributed by atoms with Crippen LogP contribution in [0.1, 0.15) is 18.4 Å². The summed E-state index contributed by atoms with van der Waals surface area (Å²) in [5.41, 5.74) is 0.985. The quantitative estimate of drug-likeness (QED) is 0.847. The fourth-order valence-corrected chi connectivity index (χ4v) is 5.11. The van der Waals surface area contributed by atoms with Gasteiger partial charge < -0.3 is 0 Å². The molecular weight excluding hydrogens is 316 g/mol. The molecule has 20 heavy (non-hydrogen) atoms. The summed E-state index contributed by atoms with van der Waals surface area (Å²) >= 11 is 6.75. The second kappa shape index (κ2) is 5.44. The number of hydrogen-bond acceptors (Lipinski definition) is 4. The summed E-state index contributed by atoms with van der Waals surface area (Å²) in [5, 5.41) is 0. The molecule has 106 valence electrons. The fourth-order valence-electron chi connectivity index (χ4n) is 2.01. The molecule has 0 atom stereocenters. The van der Waals surface area contributed by atoms with Crippen molar-refractivity contribution in [3.8, 4) is 0 Å². The van der Waals surface area contributed by atoms with Crippen molar-refractivity contribution in [2.75, 3.05) is 0 Å². The molecule has 0 N–H and O–H groups in total. The third-order valence-corrected chi connectivity index (χ3v) is 6.60. The molecule has 7 heteroatoms. The van der Waals surface area contributed by atoms with Crippen LogP contribution >= 0.6 is 22.9 Å². The summed E-state index contributed by atoms with van der Waals surface area (Å²) in [4.78, 5) is 3.83. The average molecular weight is 329 g/mol. The lowest BCUT2D eigenvalue weighted by Gasteiger charge is -2.20. The Morgan fingerprint density at radius 3 is 2.55 bits per heavy atom. The molecule has 0 aliphatic heterocycles. The molecule has 0 saturated heterocycles. The van der Waals surface area contributed by atoms with Gasteiger partial charge in [0.15, 0.2) is 8.68 Å². The van der Waals surface area contributed by atoms with Crippen LogP contribution in [0.5, 0.6) is 0 Å². The maximum atomic E-state index is 12.7. The van der Waals surface area contributed by atoms with Crippen LogP contribution in [-0.4, -0.2) is 23.7 Å². The van der Waals surface area contributed by atoms with Crippen LogP contribution in [0.25, 0.3) is 0 Å². The van der Waals surface area contributed by atoms with Gasteiger partial charge in [-0.25, -0.2) is 13.4 Å². The van der Waals surface area contributed by atoms with Crippen LogP contribution in [0.2, 0.25) is 4.47 Å². The molecule has 3 rings (SSSR count). The number of rotatable bonds is 5. The molecule has 0 unspecified atom stereocenters. The van der Waals surface area contributed by atoms with E-state index in [9.17, 15) is 8.42 Å². The Morgan fingerprint density at radius 2 is 2.00 bits per heavy atom. The average Bonchev–Trinajstić information content (AvgIpc) is 3.17. The van der Waals surface area contributed by atoms with Gasteiger partial charge in [0, 0.05) is 12.6 Å². The zero-order valence-corrected chi connectivity index (χ0v) is 13.0. The molecule has 1 saturated carbocycles. The van der Waals surface area contributed by atoms with E-state index in [0.29, 0.717) is 6.54 Å². The molecule has 1 aromatic carbocycles. The molecule has 1 aromatic heterocycles. The summed E-state index contributed by atoms with van der Waals surface area (Å²) in [7, 11) is -3.51. The first-order valence-electron chi connectivity index (χ1n) is 6.24. The fraction of sp³-hybridized carbons (Fsp3) is 0.308. The SMILES string of the molecule is O=S(=O)(c1cnc(Cl)s1)N(Cc1ccccc1)C1CC1. The molecule has 4 nitrogen and oxygen atoms in total. The predicted molar refractivity (Wildman–Crippen MR) is 79.3 cm³/mol. The van der Waals surface area contributed by atoms with Crippen molar-refractivity contribution in [3.63, 3.8) is 0 Å². The molecule has 1 fully saturated rings. The van der Waals surface area contributed by atoms with E-state index in [2.05, 4.69) is 4.98 Å². The van der Waals surface area contributed by atoms with E-state index in [-0.39, 0.29) is 14.7 Å². The first-order valence-corrected chi connectivity index (χ1v) is 8.88. The van der Waals surface area contributed by atoms with Crippen LogP contribution < -0.4 is 0 Å². The highest BCUT2D eigenvalue weighted by molar-refractivity contribution is 7.91. The maximum Gasteiger partial charge on any atom is 0.254 e. The lowest BCUT2D eigenvalue weighted by molar-refractivity contribution is 0.400. The molecule has 0 amide bonds. The van der Waals surface area contributed by atoms with Gasteiger partial charge in [-0.3, -0.25) is 0 Å². The van der Waals surface area contributed by atoms with E-state index in [1.54, 1.807) is 4.31 Å². The zero-order chi connectivity index (χ0) is 14.2. The Labute approximate surface area is 127 Å². The number of benzene rings is 1. The molecule has 1 aliphatic rings. The third-order valence-electron chi connectivity index (χ3n) is 3.15. The highest BCUT2D eigenvalue weighted by Gasteiger charge is 2.38. The topological polar surface area (TPSA) is 50.3 Å². The molecule has 2 aromatic rings. The summed E-state index contributed by atoms with van der Waals surface area (Å²) in [6, 6.07) is 9.71. The normalized spacial score (nSPS) is 15.7. The monoisotopic (exact) mass is 328 g/mol. The highest BCUT2D eigenvalue weighted by Crippen LogP contribution is 2.35. The Hall–Kier alpha value is -0.950. The van der Waals surface area contributed by atoms with E-state index >= 15 is 0 Å². The first-order chi connectivity index (χ1) is 9.57. The van der Waals surface area contributed by atoms with Crippen LogP contribution in [0.15, 0.2) is 40.7 Å². The van der Waals surface area contributed by atoms with E-state index in [1.807, 2.05) is 30.3 Å². The van der Waals surface area contributed by atoms with Gasteiger partial charge in [0.2, 0.25) is 0 Å². The lowest BCUT2D eigenvalue weighted by Crippen LogP contribution is -2.32. The van der Waals surface area contributed by atoms with Gasteiger partial charge >= 0.3 is 0 Å². The van der Waals surface area contributed by atoms with Crippen molar-refractivity contribution in [1.29, 1.82) is 0 Å². The summed E-state index contributed by atoms with van der Waals surface area (Å²) in [6.45, 7) is 0.392. The summed E-state index contributed by atoms with van der Waals surface area (Å²) < 4.78 is 27.4. The zero-order valence-electron chi connectivity index (χ0n) is 10.6. The first kappa shape index (κ1) is 14.0. The van der Waals surface area contributed by atoms with Crippen molar-refractivity contribution in [2.45, 2.75) is 29.6 Å². The second-order valence-corrected chi connectivity index (χ2v) is 8.43. The Morgan fingerprint density at radius 1 is 1.30 bits per heavy atom. The molecular formula is C13H13ClN2O2S2. The van der Waals surface area contributed by atoms with Crippen molar-refractivity contribution in [3.05, 3.63) is 46.6 Å².